The molecule has 1 aromatic rings. The number of carbonyl (C=O) groups is 4. The van der Waals surface area contributed by atoms with Gasteiger partial charge in [-0.1, -0.05) is 18.2 Å². The van der Waals surface area contributed by atoms with Crippen molar-refractivity contribution in [2.75, 3.05) is 4.90 Å². The molecule has 1 aromatic carbocycles. The molecule has 1 aliphatic rings. The van der Waals surface area contributed by atoms with Crippen molar-refractivity contribution in [1.29, 1.82) is 0 Å². The first kappa shape index (κ1) is 13.5. The maximum absolute atomic E-state index is 12.2. The van der Waals surface area contributed by atoms with Gasteiger partial charge in [0.25, 0.3) is 11.8 Å². The molecule has 0 saturated heterocycles. The van der Waals surface area contributed by atoms with Gasteiger partial charge in [0.1, 0.15) is 0 Å². The fourth-order valence-corrected chi connectivity index (χ4v) is 1.98. The highest BCUT2D eigenvalue weighted by Crippen LogP contribution is 2.36. The van der Waals surface area contributed by atoms with Gasteiger partial charge in [0, 0.05) is 18.6 Å². The Hall–Kier alpha value is -2.96. The van der Waals surface area contributed by atoms with Crippen molar-refractivity contribution in [3.8, 4) is 0 Å². The minimum absolute atomic E-state index is 0.0366. The Kier molecular flexibility index (Phi) is 3.34. The molecule has 0 bridgehead atoms. The SMILES string of the molecule is CC(=O)N1C(=O)C(=CC(=O)NC(N)=O)c2ccccc21. The van der Waals surface area contributed by atoms with Crippen molar-refractivity contribution in [3.05, 3.63) is 35.9 Å². The molecular weight excluding hydrogens is 262 g/mol. The zero-order chi connectivity index (χ0) is 14.9. The van der Waals surface area contributed by atoms with E-state index in [0.29, 0.717) is 11.3 Å². The van der Waals surface area contributed by atoms with E-state index in [-0.39, 0.29) is 5.57 Å². The Morgan fingerprint density at radius 2 is 1.90 bits per heavy atom. The van der Waals surface area contributed by atoms with E-state index in [0.717, 1.165) is 11.0 Å². The summed E-state index contributed by atoms with van der Waals surface area (Å²) in [7, 11) is 0. The molecule has 0 unspecified atom stereocenters. The maximum Gasteiger partial charge on any atom is 0.319 e. The van der Waals surface area contributed by atoms with E-state index >= 15 is 0 Å². The molecule has 0 atom stereocenters. The van der Waals surface area contributed by atoms with Crippen LogP contribution in [0.1, 0.15) is 12.5 Å². The molecule has 1 aliphatic heterocycles. The number of hydrogen-bond acceptors (Lipinski definition) is 4. The lowest BCUT2D eigenvalue weighted by Crippen LogP contribution is -2.34. The zero-order valence-electron chi connectivity index (χ0n) is 10.5. The third-order valence-electron chi connectivity index (χ3n) is 2.71. The molecule has 0 fully saturated rings. The number of para-hydroxylation sites is 1. The summed E-state index contributed by atoms with van der Waals surface area (Å²) in [5.74, 6) is -1.89. The van der Waals surface area contributed by atoms with Crippen LogP contribution in [0, 0.1) is 0 Å². The molecule has 20 heavy (non-hydrogen) atoms. The summed E-state index contributed by atoms with van der Waals surface area (Å²) in [4.78, 5) is 46.8. The highest BCUT2D eigenvalue weighted by atomic mass is 16.2. The van der Waals surface area contributed by atoms with Gasteiger partial charge in [-0.05, 0) is 6.07 Å². The zero-order valence-corrected chi connectivity index (χ0v) is 10.5. The van der Waals surface area contributed by atoms with Crippen LogP contribution in [0.4, 0.5) is 10.5 Å². The summed E-state index contributed by atoms with van der Waals surface area (Å²) in [6.45, 7) is 1.25. The molecule has 0 aliphatic carbocycles. The first-order valence-corrected chi connectivity index (χ1v) is 5.68. The number of anilines is 1. The quantitative estimate of drug-likeness (QED) is 0.710. The number of nitrogens with zero attached hydrogens (tertiary/aromatic N) is 1. The van der Waals surface area contributed by atoms with E-state index in [1.807, 2.05) is 5.32 Å². The van der Waals surface area contributed by atoms with Gasteiger partial charge in [-0.15, -0.1) is 0 Å². The van der Waals surface area contributed by atoms with Gasteiger partial charge in [-0.25, -0.2) is 9.69 Å². The van der Waals surface area contributed by atoms with Crippen LogP contribution >= 0.6 is 0 Å². The van der Waals surface area contributed by atoms with E-state index in [4.69, 9.17) is 5.73 Å². The second kappa shape index (κ2) is 4.96. The summed E-state index contributed by atoms with van der Waals surface area (Å²) in [6.07, 6.45) is 0.953. The molecular formula is C13H11N3O4. The van der Waals surface area contributed by atoms with Crippen LogP contribution in [0.2, 0.25) is 0 Å². The number of hydrogen-bond donors (Lipinski definition) is 2. The molecule has 0 spiro atoms. The van der Waals surface area contributed by atoms with E-state index in [1.165, 1.54) is 6.92 Å². The van der Waals surface area contributed by atoms with Crippen LogP contribution in [0.5, 0.6) is 0 Å². The third-order valence-corrected chi connectivity index (χ3v) is 2.71. The standard InChI is InChI=1S/C13H11N3O4/c1-7(17)16-10-5-3-2-4-8(10)9(12(16)19)6-11(18)15-13(14)20/h2-6H,1H3,(H3,14,15,18,20). The van der Waals surface area contributed by atoms with Crippen LogP contribution in [-0.2, 0) is 14.4 Å². The van der Waals surface area contributed by atoms with Crippen LogP contribution < -0.4 is 16.0 Å². The first-order valence-electron chi connectivity index (χ1n) is 5.68. The molecule has 3 N–H and O–H groups in total. The van der Waals surface area contributed by atoms with Gasteiger partial charge in [0.15, 0.2) is 0 Å². The summed E-state index contributed by atoms with van der Waals surface area (Å²) in [6, 6.07) is 5.54. The predicted molar refractivity (Wildman–Crippen MR) is 70.3 cm³/mol. The van der Waals surface area contributed by atoms with Crippen molar-refractivity contribution in [3.63, 3.8) is 0 Å². The molecule has 1 heterocycles. The molecule has 2 rings (SSSR count). The lowest BCUT2D eigenvalue weighted by Gasteiger charge is -2.11. The maximum atomic E-state index is 12.2. The highest BCUT2D eigenvalue weighted by Gasteiger charge is 2.35. The third kappa shape index (κ3) is 2.28. The molecule has 7 heteroatoms. The molecule has 0 radical (unpaired) electrons. The van der Waals surface area contributed by atoms with Crippen molar-refractivity contribution in [1.82, 2.24) is 5.32 Å². The number of urea groups is 1. The summed E-state index contributed by atoms with van der Waals surface area (Å²) >= 11 is 0. The van der Waals surface area contributed by atoms with Gasteiger partial charge in [-0.2, -0.15) is 0 Å². The number of imide groups is 2. The number of primary amides is 1. The van der Waals surface area contributed by atoms with Crippen LogP contribution in [0.25, 0.3) is 5.57 Å². The number of rotatable bonds is 1. The largest absolute Gasteiger partial charge is 0.351 e. The smallest absolute Gasteiger partial charge is 0.319 e. The van der Waals surface area contributed by atoms with E-state index in [2.05, 4.69) is 0 Å². The summed E-state index contributed by atoms with van der Waals surface area (Å²) < 4.78 is 0. The second-order valence-corrected chi connectivity index (χ2v) is 4.09. The lowest BCUT2D eigenvalue weighted by atomic mass is 10.1. The molecule has 7 nitrogen and oxygen atoms in total. The van der Waals surface area contributed by atoms with E-state index in [1.54, 1.807) is 24.3 Å². The Bertz CT molecular complexity index is 663. The topological polar surface area (TPSA) is 110 Å². The van der Waals surface area contributed by atoms with Gasteiger partial charge in [0.05, 0.1) is 11.3 Å². The number of amides is 5. The van der Waals surface area contributed by atoms with Crippen molar-refractivity contribution in [2.24, 2.45) is 5.73 Å². The Labute approximate surface area is 114 Å². The number of nitrogens with two attached hydrogens (primary N) is 1. The monoisotopic (exact) mass is 273 g/mol. The van der Waals surface area contributed by atoms with Crippen LogP contribution in [-0.4, -0.2) is 23.8 Å². The predicted octanol–water partition coefficient (Wildman–Crippen LogP) is 0.158. The van der Waals surface area contributed by atoms with Crippen LogP contribution in [0.3, 0.4) is 0 Å². The fraction of sp³-hybridized carbons (Fsp3) is 0.0769. The Morgan fingerprint density at radius 3 is 2.50 bits per heavy atom. The van der Waals surface area contributed by atoms with Crippen molar-refractivity contribution < 1.29 is 19.2 Å². The normalized spacial score (nSPS) is 15.2. The minimum Gasteiger partial charge on any atom is -0.351 e. The molecule has 0 saturated carbocycles. The van der Waals surface area contributed by atoms with Gasteiger partial charge < -0.3 is 5.73 Å². The molecule has 0 aromatic heterocycles. The lowest BCUT2D eigenvalue weighted by molar-refractivity contribution is -0.122. The van der Waals surface area contributed by atoms with E-state index in [9.17, 15) is 19.2 Å². The van der Waals surface area contributed by atoms with Gasteiger partial charge in [-0.3, -0.25) is 19.7 Å². The Morgan fingerprint density at radius 1 is 1.25 bits per heavy atom. The Balaban J connectivity index is 2.48. The van der Waals surface area contributed by atoms with Crippen molar-refractivity contribution in [2.45, 2.75) is 6.92 Å². The number of carbonyl (C=O) groups excluding carboxylic acids is 4. The second-order valence-electron chi connectivity index (χ2n) is 4.09. The van der Waals surface area contributed by atoms with E-state index < -0.39 is 23.8 Å². The molecule has 102 valence electrons. The van der Waals surface area contributed by atoms with Crippen LogP contribution in [0.15, 0.2) is 30.3 Å². The number of fused-ring (bicyclic) bond motifs is 1. The molecule has 5 amide bonds. The van der Waals surface area contributed by atoms with Gasteiger partial charge in [0.2, 0.25) is 5.91 Å². The highest BCUT2D eigenvalue weighted by molar-refractivity contribution is 6.41. The number of nitrogens with one attached hydrogen (secondary N) is 1. The summed E-state index contributed by atoms with van der Waals surface area (Å²) in [5, 5.41) is 1.83. The fourth-order valence-electron chi connectivity index (χ4n) is 1.98. The average molecular weight is 273 g/mol. The van der Waals surface area contributed by atoms with Crippen molar-refractivity contribution >= 4 is 35.0 Å². The van der Waals surface area contributed by atoms with Gasteiger partial charge >= 0.3 is 6.03 Å². The number of benzene rings is 1. The first-order chi connectivity index (χ1) is 9.41. The average Bonchev–Trinajstić information content (AvgIpc) is 2.62. The summed E-state index contributed by atoms with van der Waals surface area (Å²) in [5.41, 5.74) is 5.72. The minimum atomic E-state index is -1.02.